The number of aryl methyl sites for hydroxylation is 2. The van der Waals surface area contributed by atoms with Gasteiger partial charge in [0.25, 0.3) is 0 Å². The van der Waals surface area contributed by atoms with Crippen LogP contribution in [-0.2, 0) is 7.05 Å². The zero-order chi connectivity index (χ0) is 17.5. The third-order valence-corrected chi connectivity index (χ3v) is 4.63. The van der Waals surface area contributed by atoms with Crippen LogP contribution in [0.2, 0.25) is 0 Å². The monoisotopic (exact) mass is 325 g/mol. The summed E-state index contributed by atoms with van der Waals surface area (Å²) in [5, 5.41) is 35.7. The van der Waals surface area contributed by atoms with Gasteiger partial charge in [0, 0.05) is 31.6 Å². The highest BCUT2D eigenvalue weighted by molar-refractivity contribution is 5.39. The van der Waals surface area contributed by atoms with Crippen LogP contribution in [0, 0.1) is 18.8 Å². The molecular weight excluding hydrogens is 294 g/mol. The number of hydrogen-bond donors (Lipinski definition) is 3. The summed E-state index contributed by atoms with van der Waals surface area (Å²) < 4.78 is 1.39. The highest BCUT2D eigenvalue weighted by Crippen LogP contribution is 2.45. The van der Waals surface area contributed by atoms with Crippen molar-refractivity contribution in [3.05, 3.63) is 11.3 Å². The Bertz CT molecular complexity index is 521. The summed E-state index contributed by atoms with van der Waals surface area (Å²) in [6, 6.07) is -0.288. The van der Waals surface area contributed by atoms with E-state index in [1.807, 2.05) is 0 Å². The van der Waals surface area contributed by atoms with Crippen molar-refractivity contribution in [2.24, 2.45) is 18.9 Å². The first-order chi connectivity index (χ1) is 10.6. The van der Waals surface area contributed by atoms with Crippen molar-refractivity contribution < 1.29 is 15.3 Å². The van der Waals surface area contributed by atoms with E-state index >= 15 is 0 Å². The van der Waals surface area contributed by atoms with Gasteiger partial charge in [-0.25, -0.2) is 4.68 Å². The van der Waals surface area contributed by atoms with Crippen LogP contribution in [0.1, 0.15) is 44.9 Å². The van der Waals surface area contributed by atoms with Gasteiger partial charge in [-0.3, -0.25) is 4.90 Å². The maximum Gasteiger partial charge on any atom is 0.213 e. The van der Waals surface area contributed by atoms with Crippen LogP contribution in [0.3, 0.4) is 0 Å². The molecule has 0 amide bonds. The van der Waals surface area contributed by atoms with Gasteiger partial charge in [0.2, 0.25) is 5.88 Å². The molecule has 1 aromatic rings. The summed E-state index contributed by atoms with van der Waals surface area (Å²) in [6.07, 6.45) is -1.40. The first-order valence-electron chi connectivity index (χ1n) is 8.47. The second kappa shape index (κ2) is 6.79. The van der Waals surface area contributed by atoms with E-state index in [0.717, 1.165) is 13.1 Å². The summed E-state index contributed by atoms with van der Waals surface area (Å²) in [5.41, 5.74) is 1.23. The molecule has 0 aliphatic heterocycles. The lowest BCUT2D eigenvalue weighted by atomic mass is 9.69. The second-order valence-electron chi connectivity index (χ2n) is 7.69. The highest BCUT2D eigenvalue weighted by atomic mass is 16.3. The van der Waals surface area contributed by atoms with Gasteiger partial charge in [0.15, 0.2) is 0 Å². The average Bonchev–Trinajstić information content (AvgIpc) is 2.64. The fourth-order valence-electron chi connectivity index (χ4n) is 3.77. The fraction of sp³-hybridized carbons (Fsp3) is 0.824. The Hall–Kier alpha value is -1.11. The smallest absolute Gasteiger partial charge is 0.213 e. The largest absolute Gasteiger partial charge is 0.493 e. The van der Waals surface area contributed by atoms with Gasteiger partial charge in [-0.05, 0) is 18.8 Å². The van der Waals surface area contributed by atoms with E-state index in [1.165, 1.54) is 4.68 Å². The van der Waals surface area contributed by atoms with Crippen LogP contribution in [0.25, 0.3) is 0 Å². The van der Waals surface area contributed by atoms with Gasteiger partial charge in [0.1, 0.15) is 0 Å². The number of aromatic hydroxyl groups is 1. The van der Waals surface area contributed by atoms with Crippen LogP contribution in [0.15, 0.2) is 0 Å². The molecule has 0 saturated heterocycles. The zero-order valence-electron chi connectivity index (χ0n) is 15.1. The first kappa shape index (κ1) is 18.2. The minimum absolute atomic E-state index is 0.0309. The third-order valence-electron chi connectivity index (χ3n) is 4.63. The van der Waals surface area contributed by atoms with Crippen LogP contribution in [0.4, 0.5) is 0 Å². The molecule has 2 unspecified atom stereocenters. The number of hydrogen-bond acceptors (Lipinski definition) is 5. The third kappa shape index (κ3) is 3.39. The molecule has 2 rings (SSSR count). The van der Waals surface area contributed by atoms with Crippen molar-refractivity contribution in [2.75, 3.05) is 13.1 Å². The lowest BCUT2D eigenvalue weighted by Crippen LogP contribution is -2.66. The highest BCUT2D eigenvalue weighted by Gasteiger charge is 2.54. The molecule has 132 valence electrons. The lowest BCUT2D eigenvalue weighted by Gasteiger charge is -2.52. The summed E-state index contributed by atoms with van der Waals surface area (Å²) in [6.45, 7) is 12.0. The lowest BCUT2D eigenvalue weighted by molar-refractivity contribution is -0.140. The normalized spacial score (nSPS) is 28.0. The molecule has 6 heteroatoms. The summed E-state index contributed by atoms with van der Waals surface area (Å²) in [7, 11) is 1.66. The Morgan fingerprint density at radius 3 is 1.91 bits per heavy atom. The summed E-state index contributed by atoms with van der Waals surface area (Å²) in [5.74, 6) is 0.473. The van der Waals surface area contributed by atoms with Crippen molar-refractivity contribution in [2.45, 2.75) is 58.8 Å². The number of nitrogens with zero attached hydrogens (tertiary/aromatic N) is 3. The Morgan fingerprint density at radius 2 is 1.57 bits per heavy atom. The van der Waals surface area contributed by atoms with E-state index in [0.29, 0.717) is 23.1 Å². The SMILES string of the molecule is Cc1nn(C)c(O)c1C1C(O)C(N(CC(C)C)CC(C)C)C1O. The molecular formula is C17H31N3O3. The Balaban J connectivity index is 2.21. The van der Waals surface area contributed by atoms with Crippen molar-refractivity contribution in [1.82, 2.24) is 14.7 Å². The molecule has 2 atom stereocenters. The predicted octanol–water partition coefficient (Wildman–Crippen LogP) is 1.24. The molecule has 1 aliphatic rings. The Morgan fingerprint density at radius 1 is 1.09 bits per heavy atom. The standard InChI is InChI=1S/C17H31N3O3/c1-9(2)7-20(8-10(3)4)14-15(21)13(16(14)22)12-11(5)18-19(6)17(12)23/h9-10,13-16,21-23H,7-8H2,1-6H3. The number of rotatable bonds is 6. The number of aromatic nitrogens is 2. The van der Waals surface area contributed by atoms with Gasteiger partial charge in [0.05, 0.1) is 23.9 Å². The Labute approximate surface area is 138 Å². The van der Waals surface area contributed by atoms with Crippen LogP contribution in [-0.4, -0.2) is 61.3 Å². The van der Waals surface area contributed by atoms with E-state index in [1.54, 1.807) is 14.0 Å². The van der Waals surface area contributed by atoms with Crippen molar-refractivity contribution in [3.8, 4) is 5.88 Å². The zero-order valence-corrected chi connectivity index (χ0v) is 15.1. The van der Waals surface area contributed by atoms with E-state index in [9.17, 15) is 15.3 Å². The summed E-state index contributed by atoms with van der Waals surface area (Å²) >= 11 is 0. The van der Waals surface area contributed by atoms with Gasteiger partial charge < -0.3 is 15.3 Å². The molecule has 1 fully saturated rings. The van der Waals surface area contributed by atoms with Gasteiger partial charge in [-0.15, -0.1) is 0 Å². The van der Waals surface area contributed by atoms with Gasteiger partial charge >= 0.3 is 0 Å². The molecule has 1 aliphatic carbocycles. The molecule has 0 radical (unpaired) electrons. The molecule has 3 N–H and O–H groups in total. The minimum atomic E-state index is -0.698. The Kier molecular flexibility index (Phi) is 5.38. The van der Waals surface area contributed by atoms with E-state index < -0.39 is 18.1 Å². The molecule has 23 heavy (non-hydrogen) atoms. The summed E-state index contributed by atoms with van der Waals surface area (Å²) in [4.78, 5) is 2.18. The number of aliphatic hydroxyl groups excluding tert-OH is 2. The van der Waals surface area contributed by atoms with Crippen LogP contribution >= 0.6 is 0 Å². The molecule has 0 spiro atoms. The molecule has 1 aromatic heterocycles. The predicted molar refractivity (Wildman–Crippen MR) is 89.4 cm³/mol. The average molecular weight is 325 g/mol. The topological polar surface area (TPSA) is 81.8 Å². The molecule has 0 bridgehead atoms. The first-order valence-corrected chi connectivity index (χ1v) is 8.47. The van der Waals surface area contributed by atoms with Crippen LogP contribution in [0.5, 0.6) is 5.88 Å². The van der Waals surface area contributed by atoms with Gasteiger partial charge in [-0.2, -0.15) is 5.10 Å². The molecule has 1 heterocycles. The second-order valence-corrected chi connectivity index (χ2v) is 7.69. The maximum absolute atomic E-state index is 10.7. The molecule has 0 aromatic carbocycles. The van der Waals surface area contributed by atoms with Crippen molar-refractivity contribution >= 4 is 0 Å². The molecule has 6 nitrogen and oxygen atoms in total. The van der Waals surface area contributed by atoms with E-state index in [4.69, 9.17) is 0 Å². The van der Waals surface area contributed by atoms with E-state index in [2.05, 4.69) is 37.7 Å². The molecule has 1 saturated carbocycles. The number of aliphatic hydroxyl groups is 2. The van der Waals surface area contributed by atoms with Gasteiger partial charge in [-0.1, -0.05) is 27.7 Å². The van der Waals surface area contributed by atoms with Crippen LogP contribution < -0.4 is 0 Å². The fourth-order valence-corrected chi connectivity index (χ4v) is 3.77. The van der Waals surface area contributed by atoms with E-state index in [-0.39, 0.29) is 11.9 Å². The maximum atomic E-state index is 10.7. The minimum Gasteiger partial charge on any atom is -0.493 e. The quantitative estimate of drug-likeness (QED) is 0.733. The van der Waals surface area contributed by atoms with Crippen molar-refractivity contribution in [1.29, 1.82) is 0 Å². The van der Waals surface area contributed by atoms with Crippen molar-refractivity contribution in [3.63, 3.8) is 0 Å².